The predicted octanol–water partition coefficient (Wildman–Crippen LogP) is 3.02. The molecule has 1 amide bonds. The first-order valence-electron chi connectivity index (χ1n) is 6.58. The van der Waals surface area contributed by atoms with Crippen LogP contribution in [0.15, 0.2) is 18.2 Å². The molecular formula is C15H22N2O3. The van der Waals surface area contributed by atoms with Crippen LogP contribution in [0.2, 0.25) is 0 Å². The van der Waals surface area contributed by atoms with Gasteiger partial charge in [-0.25, -0.2) is 9.78 Å². The average Bonchev–Trinajstić information content (AvgIpc) is 2.30. The molecule has 2 N–H and O–H groups in total. The third kappa shape index (κ3) is 6.22. The number of alkyl carbamates (subject to hydrolysis) is 1. The van der Waals surface area contributed by atoms with Crippen LogP contribution in [0, 0.1) is 6.92 Å². The minimum absolute atomic E-state index is 0.145. The molecule has 20 heavy (non-hydrogen) atoms. The molecule has 5 nitrogen and oxygen atoms in total. The molecule has 0 unspecified atom stereocenters. The molecule has 0 saturated heterocycles. The summed E-state index contributed by atoms with van der Waals surface area (Å²) in [6.45, 7) is 7.79. The Kier molecular flexibility index (Phi) is 5.55. The van der Waals surface area contributed by atoms with Crippen LogP contribution in [0.4, 0.5) is 4.79 Å². The molecule has 0 aliphatic rings. The number of aromatic nitrogens is 1. The van der Waals surface area contributed by atoms with Gasteiger partial charge in [-0.15, -0.1) is 0 Å². The fourth-order valence-corrected chi connectivity index (χ4v) is 1.46. The molecule has 1 aromatic heterocycles. The molecule has 0 aromatic carbocycles. The highest BCUT2D eigenvalue weighted by Gasteiger charge is 2.15. The number of rotatable bonds is 4. The van der Waals surface area contributed by atoms with Gasteiger partial charge in [0.15, 0.2) is 0 Å². The zero-order chi connectivity index (χ0) is 15.2. The lowest BCUT2D eigenvalue weighted by Crippen LogP contribution is -2.32. The Balaban J connectivity index is 2.36. The summed E-state index contributed by atoms with van der Waals surface area (Å²) in [6, 6.07) is 3.36. The predicted molar refractivity (Wildman–Crippen MR) is 78.5 cm³/mol. The van der Waals surface area contributed by atoms with Crippen LogP contribution in [0.25, 0.3) is 6.08 Å². The van der Waals surface area contributed by atoms with E-state index < -0.39 is 11.7 Å². The maximum absolute atomic E-state index is 11.4. The summed E-state index contributed by atoms with van der Waals surface area (Å²) in [7, 11) is 0. The molecular weight excluding hydrogens is 256 g/mol. The highest BCUT2D eigenvalue weighted by molar-refractivity contribution is 5.67. The Bertz CT molecular complexity index is 490. The minimum Gasteiger partial charge on any atom is -0.506 e. The second kappa shape index (κ2) is 6.93. The lowest BCUT2D eigenvalue weighted by atomic mass is 10.2. The normalized spacial score (nSPS) is 11.6. The molecule has 1 aromatic rings. The van der Waals surface area contributed by atoms with E-state index in [1.54, 1.807) is 18.2 Å². The van der Waals surface area contributed by atoms with Crippen molar-refractivity contribution in [1.29, 1.82) is 0 Å². The largest absolute Gasteiger partial charge is 0.506 e. The molecule has 0 saturated carbocycles. The van der Waals surface area contributed by atoms with Crippen LogP contribution in [0.1, 0.15) is 38.6 Å². The van der Waals surface area contributed by atoms with Gasteiger partial charge in [0.05, 0.1) is 0 Å². The molecule has 0 bridgehead atoms. The topological polar surface area (TPSA) is 71.5 Å². The number of hydrogen-bond acceptors (Lipinski definition) is 4. The second-order valence-corrected chi connectivity index (χ2v) is 5.48. The number of ether oxygens (including phenoxy) is 1. The van der Waals surface area contributed by atoms with Crippen LogP contribution in [0.3, 0.4) is 0 Å². The first kappa shape index (κ1) is 16.0. The molecule has 0 spiro atoms. The number of nitrogens with zero attached hydrogens (tertiary/aromatic N) is 1. The molecule has 0 aliphatic heterocycles. The van der Waals surface area contributed by atoms with Crippen molar-refractivity contribution in [1.82, 2.24) is 10.3 Å². The monoisotopic (exact) mass is 278 g/mol. The first-order chi connectivity index (χ1) is 9.28. The number of amides is 1. The number of hydrogen-bond donors (Lipinski definition) is 2. The fourth-order valence-electron chi connectivity index (χ4n) is 1.46. The number of aromatic hydroxyl groups is 1. The summed E-state index contributed by atoms with van der Waals surface area (Å²) in [5.41, 5.74) is 0.883. The van der Waals surface area contributed by atoms with Gasteiger partial charge >= 0.3 is 6.09 Å². The highest BCUT2D eigenvalue weighted by atomic mass is 16.6. The maximum atomic E-state index is 11.4. The first-order valence-corrected chi connectivity index (χ1v) is 6.58. The lowest BCUT2D eigenvalue weighted by molar-refractivity contribution is 0.0529. The van der Waals surface area contributed by atoms with Gasteiger partial charge < -0.3 is 15.2 Å². The zero-order valence-corrected chi connectivity index (χ0v) is 12.4. The molecule has 0 atom stereocenters. The van der Waals surface area contributed by atoms with E-state index in [1.807, 2.05) is 33.8 Å². The average molecular weight is 278 g/mol. The van der Waals surface area contributed by atoms with Gasteiger partial charge in [-0.3, -0.25) is 0 Å². The molecule has 5 heteroatoms. The summed E-state index contributed by atoms with van der Waals surface area (Å²) in [6.07, 6.45) is 3.79. The molecule has 110 valence electrons. The van der Waals surface area contributed by atoms with Crippen LogP contribution in [0.5, 0.6) is 5.75 Å². The van der Waals surface area contributed by atoms with E-state index in [-0.39, 0.29) is 5.75 Å². The summed E-state index contributed by atoms with van der Waals surface area (Å²) >= 11 is 0. The Morgan fingerprint density at radius 1 is 1.45 bits per heavy atom. The van der Waals surface area contributed by atoms with Gasteiger partial charge in [0.2, 0.25) is 0 Å². The van der Waals surface area contributed by atoms with Crippen molar-refractivity contribution < 1.29 is 14.6 Å². The van der Waals surface area contributed by atoms with Gasteiger partial charge in [-0.05, 0) is 52.3 Å². The van der Waals surface area contributed by atoms with E-state index in [4.69, 9.17) is 4.74 Å². The lowest BCUT2D eigenvalue weighted by Gasteiger charge is -2.19. The summed E-state index contributed by atoms with van der Waals surface area (Å²) in [5.74, 6) is 0.145. The zero-order valence-electron chi connectivity index (χ0n) is 12.4. The van der Waals surface area contributed by atoms with Gasteiger partial charge in [0, 0.05) is 12.2 Å². The van der Waals surface area contributed by atoms with Crippen molar-refractivity contribution in [2.75, 3.05) is 6.54 Å². The van der Waals surface area contributed by atoms with Crippen molar-refractivity contribution in [2.24, 2.45) is 0 Å². The number of nitrogens with one attached hydrogen (secondary N) is 1. The van der Waals surface area contributed by atoms with Crippen LogP contribution >= 0.6 is 0 Å². The molecule has 0 fully saturated rings. The number of carbonyl (C=O) groups is 1. The van der Waals surface area contributed by atoms with E-state index in [9.17, 15) is 9.90 Å². The summed E-state index contributed by atoms with van der Waals surface area (Å²) in [4.78, 5) is 15.6. The third-order valence-corrected chi connectivity index (χ3v) is 2.30. The van der Waals surface area contributed by atoms with Crippen molar-refractivity contribution >= 4 is 12.2 Å². The third-order valence-electron chi connectivity index (χ3n) is 2.30. The Labute approximate surface area is 119 Å². The number of carbonyl (C=O) groups excluding carboxylic acids is 1. The molecule has 0 aliphatic carbocycles. The van der Waals surface area contributed by atoms with Crippen molar-refractivity contribution in [3.8, 4) is 5.75 Å². The van der Waals surface area contributed by atoms with Crippen LogP contribution in [-0.4, -0.2) is 28.3 Å². The maximum Gasteiger partial charge on any atom is 0.407 e. The quantitative estimate of drug-likeness (QED) is 0.830. The molecule has 1 heterocycles. The van der Waals surface area contributed by atoms with E-state index in [1.165, 1.54) is 0 Å². The summed E-state index contributed by atoms with van der Waals surface area (Å²) < 4.78 is 5.11. The fraction of sp³-hybridized carbons (Fsp3) is 0.467. The van der Waals surface area contributed by atoms with Crippen LogP contribution < -0.4 is 5.32 Å². The van der Waals surface area contributed by atoms with Crippen molar-refractivity contribution in [2.45, 2.75) is 39.7 Å². The highest BCUT2D eigenvalue weighted by Crippen LogP contribution is 2.16. The van der Waals surface area contributed by atoms with Crippen LogP contribution in [-0.2, 0) is 4.74 Å². The van der Waals surface area contributed by atoms with Gasteiger partial charge in [-0.1, -0.05) is 6.08 Å². The minimum atomic E-state index is -0.489. The van der Waals surface area contributed by atoms with E-state index in [0.717, 1.165) is 5.69 Å². The number of aryl methyl sites for hydroxylation is 1. The molecule has 0 radical (unpaired) electrons. The Morgan fingerprint density at radius 2 is 2.15 bits per heavy atom. The van der Waals surface area contributed by atoms with E-state index in [2.05, 4.69) is 10.3 Å². The SMILES string of the molecule is Cc1ccc(O)c(C=CCCNC(=O)OC(C)(C)C)n1. The Hall–Kier alpha value is -2.04. The van der Waals surface area contributed by atoms with Crippen molar-refractivity contribution in [3.63, 3.8) is 0 Å². The van der Waals surface area contributed by atoms with Gasteiger partial charge in [0.1, 0.15) is 17.0 Å². The smallest absolute Gasteiger partial charge is 0.407 e. The molecule has 1 rings (SSSR count). The second-order valence-electron chi connectivity index (χ2n) is 5.48. The summed E-state index contributed by atoms with van der Waals surface area (Å²) in [5, 5.41) is 12.3. The number of pyridine rings is 1. The van der Waals surface area contributed by atoms with E-state index in [0.29, 0.717) is 18.7 Å². The van der Waals surface area contributed by atoms with Crippen molar-refractivity contribution in [3.05, 3.63) is 29.6 Å². The van der Waals surface area contributed by atoms with E-state index >= 15 is 0 Å². The Morgan fingerprint density at radius 3 is 2.80 bits per heavy atom. The standard InChI is InChI=1S/C15H22N2O3/c1-11-8-9-13(18)12(17-11)7-5-6-10-16-14(19)20-15(2,3)4/h5,7-9,18H,6,10H2,1-4H3,(H,16,19). The van der Waals surface area contributed by atoms with Gasteiger partial charge in [-0.2, -0.15) is 0 Å². The van der Waals surface area contributed by atoms with Gasteiger partial charge in [0.25, 0.3) is 0 Å².